The Morgan fingerprint density at radius 3 is 2.10 bits per heavy atom. The average Bonchev–Trinajstić information content (AvgIpc) is 2.53. The van der Waals surface area contributed by atoms with E-state index in [0.29, 0.717) is 11.1 Å². The van der Waals surface area contributed by atoms with Crippen LogP contribution in [0.5, 0.6) is 0 Å². The fourth-order valence-corrected chi connectivity index (χ4v) is 2.18. The van der Waals surface area contributed by atoms with E-state index in [1.54, 1.807) is 42.1 Å². The number of rotatable bonds is 5. The lowest BCUT2D eigenvalue weighted by Gasteiger charge is -1.99. The SMILES string of the molecule is CSc1cccc(C(=O)C=CC(=O)c2ccccc2)c1. The van der Waals surface area contributed by atoms with E-state index in [1.165, 1.54) is 12.2 Å². The highest BCUT2D eigenvalue weighted by Gasteiger charge is 2.05. The molecule has 0 spiro atoms. The highest BCUT2D eigenvalue weighted by atomic mass is 32.2. The first-order valence-corrected chi connectivity index (χ1v) is 7.39. The van der Waals surface area contributed by atoms with E-state index in [4.69, 9.17) is 0 Å². The molecule has 0 N–H and O–H groups in total. The summed E-state index contributed by atoms with van der Waals surface area (Å²) in [4.78, 5) is 24.9. The number of thioether (sulfide) groups is 1. The Balaban J connectivity index is 2.11. The second-order valence-electron chi connectivity index (χ2n) is 4.16. The molecule has 2 rings (SSSR count). The van der Waals surface area contributed by atoms with Gasteiger partial charge in [-0.25, -0.2) is 0 Å². The van der Waals surface area contributed by atoms with Crippen molar-refractivity contribution in [2.24, 2.45) is 0 Å². The predicted octanol–water partition coefficient (Wildman–Crippen LogP) is 4.03. The maximum absolute atomic E-state index is 12.0. The van der Waals surface area contributed by atoms with E-state index in [0.717, 1.165) is 4.90 Å². The molecule has 0 amide bonds. The Labute approximate surface area is 122 Å². The number of carbonyl (C=O) groups is 2. The number of benzene rings is 2. The van der Waals surface area contributed by atoms with Gasteiger partial charge in [-0.3, -0.25) is 9.59 Å². The van der Waals surface area contributed by atoms with Gasteiger partial charge in [-0.2, -0.15) is 0 Å². The Hall–Kier alpha value is -2.13. The Morgan fingerprint density at radius 2 is 1.45 bits per heavy atom. The van der Waals surface area contributed by atoms with E-state index in [9.17, 15) is 9.59 Å². The van der Waals surface area contributed by atoms with Crippen molar-refractivity contribution >= 4 is 23.3 Å². The third-order valence-corrected chi connectivity index (χ3v) is 3.52. The molecule has 0 fully saturated rings. The molecule has 2 aromatic carbocycles. The van der Waals surface area contributed by atoms with Crippen LogP contribution in [0.15, 0.2) is 71.6 Å². The fraction of sp³-hybridized carbons (Fsp3) is 0.0588. The fourth-order valence-electron chi connectivity index (χ4n) is 1.72. The van der Waals surface area contributed by atoms with Gasteiger partial charge in [-0.15, -0.1) is 11.8 Å². The first-order chi connectivity index (χ1) is 9.70. The van der Waals surface area contributed by atoms with Gasteiger partial charge in [0.05, 0.1) is 0 Å². The van der Waals surface area contributed by atoms with Gasteiger partial charge in [-0.1, -0.05) is 42.5 Å². The summed E-state index contributed by atoms with van der Waals surface area (Å²) in [5, 5.41) is 0. The molecule has 0 bridgehead atoms. The smallest absolute Gasteiger partial charge is 0.186 e. The maximum atomic E-state index is 12.0. The summed E-state index contributed by atoms with van der Waals surface area (Å²) in [5.41, 5.74) is 1.17. The van der Waals surface area contributed by atoms with Crippen molar-refractivity contribution in [1.82, 2.24) is 0 Å². The van der Waals surface area contributed by atoms with Gasteiger partial charge in [0.25, 0.3) is 0 Å². The zero-order valence-electron chi connectivity index (χ0n) is 11.1. The molecule has 3 heteroatoms. The minimum absolute atomic E-state index is 0.162. The first-order valence-electron chi connectivity index (χ1n) is 6.16. The largest absolute Gasteiger partial charge is 0.289 e. The standard InChI is InChI=1S/C17H14O2S/c1-20-15-9-5-8-14(12-15)17(19)11-10-16(18)13-6-3-2-4-7-13/h2-12H,1H3. The van der Waals surface area contributed by atoms with Crippen LogP contribution in [0, 0.1) is 0 Å². The van der Waals surface area contributed by atoms with Crippen LogP contribution < -0.4 is 0 Å². The monoisotopic (exact) mass is 282 g/mol. The molecule has 100 valence electrons. The summed E-state index contributed by atoms with van der Waals surface area (Å²) in [6.07, 6.45) is 4.61. The lowest BCUT2D eigenvalue weighted by molar-refractivity contribution is 0.102. The summed E-state index contributed by atoms with van der Waals surface area (Å²) in [5.74, 6) is -0.329. The second kappa shape index (κ2) is 6.87. The highest BCUT2D eigenvalue weighted by Crippen LogP contribution is 2.16. The van der Waals surface area contributed by atoms with Crippen LogP contribution in [0.4, 0.5) is 0 Å². The molecular formula is C17H14O2S. The quantitative estimate of drug-likeness (QED) is 0.471. The molecule has 2 aromatic rings. The second-order valence-corrected chi connectivity index (χ2v) is 5.04. The van der Waals surface area contributed by atoms with Gasteiger partial charge in [0, 0.05) is 16.0 Å². The van der Waals surface area contributed by atoms with Crippen LogP contribution in [-0.4, -0.2) is 17.8 Å². The molecule has 20 heavy (non-hydrogen) atoms. The molecule has 2 nitrogen and oxygen atoms in total. The molecule has 0 aromatic heterocycles. The van der Waals surface area contributed by atoms with Gasteiger partial charge in [-0.05, 0) is 30.5 Å². The molecule has 0 aliphatic rings. The van der Waals surface area contributed by atoms with Crippen LogP contribution in [0.3, 0.4) is 0 Å². The third-order valence-electron chi connectivity index (χ3n) is 2.80. The van der Waals surface area contributed by atoms with Gasteiger partial charge < -0.3 is 0 Å². The minimum Gasteiger partial charge on any atom is -0.289 e. The maximum Gasteiger partial charge on any atom is 0.186 e. The molecule has 0 atom stereocenters. The van der Waals surface area contributed by atoms with Crippen LogP contribution in [-0.2, 0) is 0 Å². The van der Waals surface area contributed by atoms with E-state index in [-0.39, 0.29) is 11.6 Å². The van der Waals surface area contributed by atoms with Crippen molar-refractivity contribution < 1.29 is 9.59 Å². The normalized spacial score (nSPS) is 10.7. The molecular weight excluding hydrogens is 268 g/mol. The molecule has 0 aliphatic carbocycles. The van der Waals surface area contributed by atoms with Gasteiger partial charge >= 0.3 is 0 Å². The zero-order valence-corrected chi connectivity index (χ0v) is 11.9. The van der Waals surface area contributed by atoms with Crippen molar-refractivity contribution in [2.75, 3.05) is 6.26 Å². The van der Waals surface area contributed by atoms with Crippen LogP contribution >= 0.6 is 11.8 Å². The van der Waals surface area contributed by atoms with E-state index in [1.807, 2.05) is 30.5 Å². The minimum atomic E-state index is -0.167. The number of carbonyl (C=O) groups excluding carboxylic acids is 2. The summed E-state index contributed by atoms with van der Waals surface area (Å²) in [6.45, 7) is 0. The van der Waals surface area contributed by atoms with Gasteiger partial charge in [0.15, 0.2) is 11.6 Å². The van der Waals surface area contributed by atoms with Crippen molar-refractivity contribution in [1.29, 1.82) is 0 Å². The van der Waals surface area contributed by atoms with E-state index >= 15 is 0 Å². The predicted molar refractivity (Wildman–Crippen MR) is 82.5 cm³/mol. The Kier molecular flexibility index (Phi) is 4.91. The van der Waals surface area contributed by atoms with Crippen molar-refractivity contribution in [3.63, 3.8) is 0 Å². The summed E-state index contributed by atoms with van der Waals surface area (Å²) in [6, 6.07) is 16.3. The number of hydrogen-bond donors (Lipinski definition) is 0. The summed E-state index contributed by atoms with van der Waals surface area (Å²) in [7, 11) is 0. The van der Waals surface area contributed by atoms with Crippen LogP contribution in [0.25, 0.3) is 0 Å². The third kappa shape index (κ3) is 3.68. The Morgan fingerprint density at radius 1 is 0.850 bits per heavy atom. The van der Waals surface area contributed by atoms with Crippen LogP contribution in [0.2, 0.25) is 0 Å². The molecule has 0 unspecified atom stereocenters. The van der Waals surface area contributed by atoms with Gasteiger partial charge in [0.1, 0.15) is 0 Å². The van der Waals surface area contributed by atoms with Crippen molar-refractivity contribution in [3.05, 3.63) is 77.9 Å². The summed E-state index contributed by atoms with van der Waals surface area (Å²) >= 11 is 1.58. The van der Waals surface area contributed by atoms with E-state index in [2.05, 4.69) is 0 Å². The molecule has 0 heterocycles. The van der Waals surface area contributed by atoms with Crippen LogP contribution in [0.1, 0.15) is 20.7 Å². The number of hydrogen-bond acceptors (Lipinski definition) is 3. The zero-order chi connectivity index (χ0) is 14.4. The lowest BCUT2D eigenvalue weighted by Crippen LogP contribution is -1.98. The lowest BCUT2D eigenvalue weighted by atomic mass is 10.1. The summed E-state index contributed by atoms with van der Waals surface area (Å²) < 4.78 is 0. The molecule has 0 saturated heterocycles. The average molecular weight is 282 g/mol. The van der Waals surface area contributed by atoms with Gasteiger partial charge in [0.2, 0.25) is 0 Å². The number of ketones is 2. The van der Waals surface area contributed by atoms with Crippen molar-refractivity contribution in [2.45, 2.75) is 4.90 Å². The van der Waals surface area contributed by atoms with Crippen molar-refractivity contribution in [3.8, 4) is 0 Å². The molecule has 0 saturated carbocycles. The first kappa shape index (κ1) is 14.3. The number of allylic oxidation sites excluding steroid dienone is 2. The van der Waals surface area contributed by atoms with E-state index < -0.39 is 0 Å². The topological polar surface area (TPSA) is 34.1 Å². The Bertz CT molecular complexity index is 645. The molecule has 0 aliphatic heterocycles. The highest BCUT2D eigenvalue weighted by molar-refractivity contribution is 7.98. The molecule has 0 radical (unpaired) electrons.